The SMILES string of the molecule is C#CCNC(=NCCC(=O)Nc1cc(Br)ccc1C)NCC. The second-order valence-electron chi connectivity index (χ2n) is 4.58. The van der Waals surface area contributed by atoms with Gasteiger partial charge in [0.25, 0.3) is 0 Å². The van der Waals surface area contributed by atoms with Crippen LogP contribution in [0.4, 0.5) is 5.69 Å². The van der Waals surface area contributed by atoms with Crippen LogP contribution in [0, 0.1) is 19.3 Å². The highest BCUT2D eigenvalue weighted by Gasteiger charge is 2.05. The highest BCUT2D eigenvalue weighted by molar-refractivity contribution is 9.10. The fourth-order valence-electron chi connectivity index (χ4n) is 1.69. The number of aryl methyl sites for hydroxylation is 1. The van der Waals surface area contributed by atoms with E-state index in [0.29, 0.717) is 25.5 Å². The lowest BCUT2D eigenvalue weighted by Crippen LogP contribution is -2.37. The quantitative estimate of drug-likeness (QED) is 0.412. The van der Waals surface area contributed by atoms with Gasteiger partial charge in [-0.25, -0.2) is 0 Å². The maximum absolute atomic E-state index is 12.0. The van der Waals surface area contributed by atoms with Crippen molar-refractivity contribution >= 4 is 33.5 Å². The Morgan fingerprint density at radius 2 is 2.18 bits per heavy atom. The molecule has 1 amide bonds. The van der Waals surface area contributed by atoms with Gasteiger partial charge in [-0.1, -0.05) is 27.9 Å². The van der Waals surface area contributed by atoms with E-state index in [-0.39, 0.29) is 5.91 Å². The molecule has 5 nitrogen and oxygen atoms in total. The zero-order valence-corrected chi connectivity index (χ0v) is 14.5. The molecule has 6 heteroatoms. The van der Waals surface area contributed by atoms with Gasteiger partial charge in [-0.05, 0) is 31.5 Å². The minimum absolute atomic E-state index is 0.0715. The molecule has 0 aromatic heterocycles. The molecule has 1 aromatic carbocycles. The van der Waals surface area contributed by atoms with Crippen LogP contribution in [0.25, 0.3) is 0 Å². The number of aliphatic imine (C=N–C) groups is 1. The van der Waals surface area contributed by atoms with Crippen LogP contribution in [-0.2, 0) is 4.79 Å². The Hall–Kier alpha value is -2.00. The first-order chi connectivity index (χ1) is 10.6. The van der Waals surface area contributed by atoms with Gasteiger partial charge in [0, 0.05) is 23.1 Å². The van der Waals surface area contributed by atoms with Crippen LogP contribution in [0.1, 0.15) is 18.9 Å². The Morgan fingerprint density at radius 3 is 2.86 bits per heavy atom. The number of halogens is 1. The molecular weight excluding hydrogens is 344 g/mol. The van der Waals surface area contributed by atoms with Crippen molar-refractivity contribution in [3.05, 3.63) is 28.2 Å². The summed E-state index contributed by atoms with van der Waals surface area (Å²) in [5.74, 6) is 3.03. The van der Waals surface area contributed by atoms with Crippen molar-refractivity contribution in [1.29, 1.82) is 0 Å². The van der Waals surface area contributed by atoms with E-state index < -0.39 is 0 Å². The second-order valence-corrected chi connectivity index (χ2v) is 5.49. The molecule has 0 aliphatic rings. The third kappa shape index (κ3) is 6.64. The largest absolute Gasteiger partial charge is 0.357 e. The van der Waals surface area contributed by atoms with Crippen LogP contribution in [0.2, 0.25) is 0 Å². The predicted octanol–water partition coefficient (Wildman–Crippen LogP) is 2.27. The summed E-state index contributed by atoms with van der Waals surface area (Å²) in [5.41, 5.74) is 1.82. The molecule has 0 atom stereocenters. The Balaban J connectivity index is 2.51. The van der Waals surface area contributed by atoms with Gasteiger partial charge >= 0.3 is 0 Å². The van der Waals surface area contributed by atoms with Gasteiger partial charge in [-0.2, -0.15) is 0 Å². The first kappa shape index (κ1) is 18.1. The van der Waals surface area contributed by atoms with Crippen molar-refractivity contribution in [2.75, 3.05) is 25.0 Å². The van der Waals surface area contributed by atoms with E-state index in [1.165, 1.54) is 0 Å². The fourth-order valence-corrected chi connectivity index (χ4v) is 2.05. The van der Waals surface area contributed by atoms with Crippen LogP contribution < -0.4 is 16.0 Å². The van der Waals surface area contributed by atoms with Crippen LogP contribution in [-0.4, -0.2) is 31.5 Å². The molecule has 0 bridgehead atoms. The highest BCUT2D eigenvalue weighted by atomic mass is 79.9. The molecule has 0 fully saturated rings. The minimum Gasteiger partial charge on any atom is -0.357 e. The molecule has 3 N–H and O–H groups in total. The van der Waals surface area contributed by atoms with Gasteiger partial charge in [-0.3, -0.25) is 9.79 Å². The number of hydrogen-bond acceptors (Lipinski definition) is 2. The average Bonchev–Trinajstić information content (AvgIpc) is 2.48. The molecule has 118 valence electrons. The first-order valence-corrected chi connectivity index (χ1v) is 7.87. The number of nitrogens with zero attached hydrogens (tertiary/aromatic N) is 1. The van der Waals surface area contributed by atoms with Crippen LogP contribution >= 0.6 is 15.9 Å². The highest BCUT2D eigenvalue weighted by Crippen LogP contribution is 2.20. The molecule has 0 unspecified atom stereocenters. The monoisotopic (exact) mass is 364 g/mol. The lowest BCUT2D eigenvalue weighted by atomic mass is 10.2. The number of guanidine groups is 1. The van der Waals surface area contributed by atoms with Gasteiger partial charge < -0.3 is 16.0 Å². The van der Waals surface area contributed by atoms with E-state index in [1.54, 1.807) is 0 Å². The molecule has 0 saturated carbocycles. The zero-order chi connectivity index (χ0) is 16.4. The smallest absolute Gasteiger partial charge is 0.226 e. The van der Waals surface area contributed by atoms with Gasteiger partial charge in [0.15, 0.2) is 5.96 Å². The van der Waals surface area contributed by atoms with E-state index >= 15 is 0 Å². The number of amides is 1. The summed E-state index contributed by atoms with van der Waals surface area (Å²) < 4.78 is 0.930. The fraction of sp³-hybridized carbons (Fsp3) is 0.375. The van der Waals surface area contributed by atoms with Crippen molar-refractivity contribution in [3.63, 3.8) is 0 Å². The molecule has 0 saturated heterocycles. The summed E-state index contributed by atoms with van der Waals surface area (Å²) in [6, 6.07) is 5.77. The molecule has 0 aliphatic carbocycles. The maximum atomic E-state index is 12.0. The molecule has 1 aromatic rings. The summed E-state index contributed by atoms with van der Waals surface area (Å²) in [4.78, 5) is 16.3. The predicted molar refractivity (Wildman–Crippen MR) is 94.9 cm³/mol. The number of nitrogens with one attached hydrogen (secondary N) is 3. The van der Waals surface area contributed by atoms with Crippen LogP contribution in [0.5, 0.6) is 0 Å². The number of benzene rings is 1. The molecular formula is C16H21BrN4O. The third-order valence-corrected chi connectivity index (χ3v) is 3.28. The minimum atomic E-state index is -0.0715. The summed E-state index contributed by atoms with van der Waals surface area (Å²) in [7, 11) is 0. The Bertz CT molecular complexity index is 578. The lowest BCUT2D eigenvalue weighted by molar-refractivity contribution is -0.116. The normalized spacial score (nSPS) is 10.7. The van der Waals surface area contributed by atoms with E-state index in [1.807, 2.05) is 32.0 Å². The maximum Gasteiger partial charge on any atom is 0.226 e. The molecule has 0 aliphatic heterocycles. The standard InChI is InChI=1S/C16H21BrN4O/c1-4-9-19-16(18-5-2)20-10-8-15(22)21-14-11-13(17)7-6-12(14)3/h1,6-7,11H,5,8-10H2,2-3H3,(H,21,22)(H2,18,19,20). The summed E-state index contributed by atoms with van der Waals surface area (Å²) in [6.45, 7) is 5.44. The summed E-state index contributed by atoms with van der Waals surface area (Å²) in [5, 5.41) is 8.93. The molecule has 0 spiro atoms. The Labute approximate surface area is 140 Å². The number of terminal acetylenes is 1. The van der Waals surface area contributed by atoms with Crippen molar-refractivity contribution in [2.24, 2.45) is 4.99 Å². The topological polar surface area (TPSA) is 65.5 Å². The van der Waals surface area contributed by atoms with E-state index in [4.69, 9.17) is 6.42 Å². The number of rotatable bonds is 6. The average molecular weight is 365 g/mol. The third-order valence-electron chi connectivity index (χ3n) is 2.78. The Kier molecular flexibility index (Phi) is 8.08. The zero-order valence-electron chi connectivity index (χ0n) is 12.9. The van der Waals surface area contributed by atoms with E-state index in [0.717, 1.165) is 22.3 Å². The van der Waals surface area contributed by atoms with Crippen molar-refractivity contribution < 1.29 is 4.79 Å². The van der Waals surface area contributed by atoms with E-state index in [9.17, 15) is 4.79 Å². The van der Waals surface area contributed by atoms with Crippen LogP contribution in [0.3, 0.4) is 0 Å². The van der Waals surface area contributed by atoms with Crippen molar-refractivity contribution in [3.8, 4) is 12.3 Å². The van der Waals surface area contributed by atoms with Gasteiger partial charge in [0.1, 0.15) is 0 Å². The van der Waals surface area contributed by atoms with Crippen molar-refractivity contribution in [2.45, 2.75) is 20.3 Å². The van der Waals surface area contributed by atoms with Crippen LogP contribution in [0.15, 0.2) is 27.7 Å². The van der Waals surface area contributed by atoms with Gasteiger partial charge in [0.2, 0.25) is 5.91 Å². The summed E-state index contributed by atoms with van der Waals surface area (Å²) >= 11 is 3.39. The molecule has 22 heavy (non-hydrogen) atoms. The molecule has 0 heterocycles. The number of anilines is 1. The molecule has 0 radical (unpaired) electrons. The van der Waals surface area contributed by atoms with E-state index in [2.05, 4.69) is 42.8 Å². The second kappa shape index (κ2) is 9.85. The van der Waals surface area contributed by atoms with Gasteiger partial charge in [-0.15, -0.1) is 6.42 Å². The number of carbonyl (C=O) groups is 1. The van der Waals surface area contributed by atoms with Gasteiger partial charge in [0.05, 0.1) is 13.1 Å². The number of carbonyl (C=O) groups excluding carboxylic acids is 1. The number of hydrogen-bond donors (Lipinski definition) is 3. The Morgan fingerprint density at radius 1 is 1.41 bits per heavy atom. The lowest BCUT2D eigenvalue weighted by Gasteiger charge is -2.10. The summed E-state index contributed by atoms with van der Waals surface area (Å²) in [6.07, 6.45) is 5.50. The molecule has 1 rings (SSSR count). The van der Waals surface area contributed by atoms with Crippen molar-refractivity contribution in [1.82, 2.24) is 10.6 Å². The first-order valence-electron chi connectivity index (χ1n) is 7.08.